The van der Waals surface area contributed by atoms with Crippen LogP contribution in [-0.4, -0.2) is 66.1 Å². The van der Waals surface area contributed by atoms with E-state index in [1.165, 1.54) is 43.3 Å². The lowest BCUT2D eigenvalue weighted by molar-refractivity contribution is -0.281. The van der Waals surface area contributed by atoms with Gasteiger partial charge in [0.05, 0.1) is 7.11 Å². The van der Waals surface area contributed by atoms with Crippen LogP contribution < -0.4 is 4.74 Å². The van der Waals surface area contributed by atoms with Crippen molar-refractivity contribution in [2.45, 2.75) is 36.5 Å². The van der Waals surface area contributed by atoms with E-state index in [0.29, 0.717) is 7.11 Å². The number of carbonyl (C=O) groups is 3. The predicted molar refractivity (Wildman–Crippen MR) is 118 cm³/mol. The number of Topliss-reactive ketones (excluding diaryl/α,β-unsaturated/α-hetero) is 1. The molecule has 1 fully saturated rings. The molecule has 2 N–H and O–H groups in total. The third kappa shape index (κ3) is 3.65. The number of hydrogen-bond acceptors (Lipinski definition) is 9. The molecule has 9 nitrogen and oxygen atoms in total. The number of phenolic OH excluding ortho intramolecular Hbond substituents is 1. The molecule has 0 unspecified atom stereocenters. The van der Waals surface area contributed by atoms with E-state index < -0.39 is 70.5 Å². The zero-order valence-corrected chi connectivity index (χ0v) is 19.8. The van der Waals surface area contributed by atoms with Crippen molar-refractivity contribution in [2.24, 2.45) is 11.8 Å². The Morgan fingerprint density at radius 3 is 2.27 bits per heavy atom. The molecule has 2 aromatic rings. The number of fused-ring (bicyclic) bond motifs is 2. The van der Waals surface area contributed by atoms with Crippen LogP contribution in [0.1, 0.15) is 22.8 Å². The Balaban J connectivity index is 1.82. The number of esters is 2. The molecular formula is C25H23F3O9. The van der Waals surface area contributed by atoms with E-state index in [1.54, 1.807) is 0 Å². The summed E-state index contributed by atoms with van der Waals surface area (Å²) in [5.74, 6) is -7.86. The van der Waals surface area contributed by atoms with Gasteiger partial charge in [-0.15, -0.1) is 0 Å². The average Bonchev–Trinajstić information content (AvgIpc) is 3.06. The summed E-state index contributed by atoms with van der Waals surface area (Å²) in [6.07, 6.45) is -8.67. The molecule has 0 amide bonds. The van der Waals surface area contributed by atoms with Crippen molar-refractivity contribution in [3.8, 4) is 11.5 Å². The number of ether oxygens (including phenoxy) is 4. The number of benzene rings is 2. The van der Waals surface area contributed by atoms with Crippen LogP contribution in [0.4, 0.5) is 13.2 Å². The van der Waals surface area contributed by atoms with Gasteiger partial charge in [0, 0.05) is 18.6 Å². The maximum absolute atomic E-state index is 14.4. The number of aliphatic hydroxyl groups is 1. The van der Waals surface area contributed by atoms with E-state index in [0.717, 1.165) is 19.2 Å². The summed E-state index contributed by atoms with van der Waals surface area (Å²) in [6.45, 7) is 1.34. The van der Waals surface area contributed by atoms with Crippen LogP contribution in [0.5, 0.6) is 11.5 Å². The minimum atomic E-state index is -5.33. The molecule has 4 rings (SSSR count). The molecule has 1 aliphatic carbocycles. The van der Waals surface area contributed by atoms with Gasteiger partial charge in [0.1, 0.15) is 35.2 Å². The minimum absolute atomic E-state index is 0.0666. The van der Waals surface area contributed by atoms with Gasteiger partial charge in [-0.2, -0.15) is 13.2 Å². The molecule has 0 bridgehead atoms. The van der Waals surface area contributed by atoms with Crippen LogP contribution in [0.15, 0.2) is 48.5 Å². The average molecular weight is 524 g/mol. The molecule has 1 saturated carbocycles. The van der Waals surface area contributed by atoms with Crippen molar-refractivity contribution in [3.05, 3.63) is 59.7 Å². The zero-order valence-electron chi connectivity index (χ0n) is 19.8. The van der Waals surface area contributed by atoms with Gasteiger partial charge >= 0.3 is 18.1 Å². The first-order valence-corrected chi connectivity index (χ1v) is 11.1. The van der Waals surface area contributed by atoms with Crippen LogP contribution in [0.3, 0.4) is 0 Å². The number of halogens is 3. The van der Waals surface area contributed by atoms with Crippen molar-refractivity contribution >= 4 is 17.7 Å². The molecule has 2 aliphatic rings. The summed E-state index contributed by atoms with van der Waals surface area (Å²) in [7, 11) is 1.55. The van der Waals surface area contributed by atoms with Crippen LogP contribution in [0.2, 0.25) is 0 Å². The van der Waals surface area contributed by atoms with E-state index in [-0.39, 0.29) is 11.3 Å². The first-order valence-electron chi connectivity index (χ1n) is 11.1. The molecule has 0 saturated heterocycles. The summed E-state index contributed by atoms with van der Waals surface area (Å²) in [6, 6.07) is 9.91. The summed E-state index contributed by atoms with van der Waals surface area (Å²) < 4.78 is 63.6. The molecule has 198 valence electrons. The van der Waals surface area contributed by atoms with E-state index in [9.17, 15) is 37.8 Å². The fourth-order valence-electron chi connectivity index (χ4n) is 5.19. The lowest BCUT2D eigenvalue weighted by Gasteiger charge is -2.37. The third-order valence-electron chi connectivity index (χ3n) is 6.95. The predicted octanol–water partition coefficient (Wildman–Crippen LogP) is 2.52. The number of methoxy groups -OCH3 is 2. The Hall–Kier alpha value is -3.64. The van der Waals surface area contributed by atoms with Gasteiger partial charge in [0.2, 0.25) is 5.60 Å². The molecule has 1 aliphatic heterocycles. The van der Waals surface area contributed by atoms with Crippen molar-refractivity contribution in [2.75, 3.05) is 14.2 Å². The first kappa shape index (κ1) is 26.4. The third-order valence-corrected chi connectivity index (χ3v) is 6.95. The Morgan fingerprint density at radius 1 is 1.05 bits per heavy atom. The molecule has 0 aromatic heterocycles. The number of hydrogen-bond donors (Lipinski definition) is 2. The SMILES string of the molecule is COC(=O)[C@]1(O)[C@H](OC(=O)[C@@](OC)(c2ccccc2)C(F)(F)F)[C@H](C)[C@H]2Oc3cccc(O)c3C(=O)[C@H]21. The van der Waals surface area contributed by atoms with Gasteiger partial charge < -0.3 is 29.2 Å². The molecule has 37 heavy (non-hydrogen) atoms. The highest BCUT2D eigenvalue weighted by atomic mass is 19.4. The zero-order chi connectivity index (χ0) is 27.3. The molecule has 1 heterocycles. The number of ketones is 1. The summed E-state index contributed by atoms with van der Waals surface area (Å²) in [4.78, 5) is 39.6. The van der Waals surface area contributed by atoms with Crippen LogP contribution in [-0.2, 0) is 29.4 Å². The second-order valence-electron chi connectivity index (χ2n) is 8.83. The van der Waals surface area contributed by atoms with Crippen molar-refractivity contribution in [1.82, 2.24) is 0 Å². The van der Waals surface area contributed by atoms with E-state index >= 15 is 0 Å². The molecular weight excluding hydrogens is 501 g/mol. The number of aromatic hydroxyl groups is 1. The van der Waals surface area contributed by atoms with Crippen molar-refractivity contribution in [3.63, 3.8) is 0 Å². The van der Waals surface area contributed by atoms with Crippen molar-refractivity contribution in [1.29, 1.82) is 0 Å². The maximum Gasteiger partial charge on any atom is 0.432 e. The van der Waals surface area contributed by atoms with Crippen LogP contribution >= 0.6 is 0 Å². The fraction of sp³-hybridized carbons (Fsp3) is 0.400. The molecule has 2 aromatic carbocycles. The number of rotatable bonds is 5. The number of phenols is 1. The monoisotopic (exact) mass is 524 g/mol. The molecule has 6 atom stereocenters. The summed E-state index contributed by atoms with van der Waals surface area (Å²) >= 11 is 0. The van der Waals surface area contributed by atoms with Crippen LogP contribution in [0, 0.1) is 11.8 Å². The highest BCUT2D eigenvalue weighted by molar-refractivity contribution is 6.07. The van der Waals surface area contributed by atoms with Gasteiger partial charge in [-0.05, 0) is 12.1 Å². The lowest BCUT2D eigenvalue weighted by atomic mass is 9.80. The second-order valence-corrected chi connectivity index (χ2v) is 8.83. The lowest BCUT2D eigenvalue weighted by Crippen LogP contribution is -2.59. The van der Waals surface area contributed by atoms with Crippen molar-refractivity contribution < 1.29 is 56.7 Å². The highest BCUT2D eigenvalue weighted by Gasteiger charge is 2.72. The van der Waals surface area contributed by atoms with E-state index in [2.05, 4.69) is 4.74 Å². The molecule has 0 radical (unpaired) electrons. The van der Waals surface area contributed by atoms with Gasteiger partial charge in [-0.1, -0.05) is 43.3 Å². The Labute approximate surface area is 208 Å². The summed E-state index contributed by atoms with van der Waals surface area (Å²) in [5.41, 5.74) is -7.52. The van der Waals surface area contributed by atoms with Gasteiger partial charge in [0.15, 0.2) is 5.78 Å². The largest absolute Gasteiger partial charge is 0.507 e. The van der Waals surface area contributed by atoms with Gasteiger partial charge in [0.25, 0.3) is 5.60 Å². The smallest absolute Gasteiger partial charge is 0.432 e. The Bertz CT molecular complexity index is 1230. The molecule has 0 spiro atoms. The van der Waals surface area contributed by atoms with Gasteiger partial charge in [-0.25, -0.2) is 9.59 Å². The normalized spacial score (nSPS) is 28.4. The Kier molecular flexibility index (Phi) is 6.45. The Morgan fingerprint density at radius 2 is 1.70 bits per heavy atom. The van der Waals surface area contributed by atoms with E-state index in [4.69, 9.17) is 14.2 Å². The quantitative estimate of drug-likeness (QED) is 0.567. The first-order chi connectivity index (χ1) is 17.4. The highest BCUT2D eigenvalue weighted by Crippen LogP contribution is 2.52. The second kappa shape index (κ2) is 9.03. The number of carbonyl (C=O) groups excluding carboxylic acids is 3. The molecule has 12 heteroatoms. The fourth-order valence-corrected chi connectivity index (χ4v) is 5.19. The standard InChI is InChI=1S/C25H23F3O9/c1-12-19-17(18(30)16-14(29)10-7-11-15(16)36-19)23(33,21(31)34-2)20(12)37-22(32)24(35-3,25(26,27)28)13-8-5-4-6-9-13/h4-12,17,19-20,29,33H,1-3H3/t12-,17-,19-,20-,23-,24+/m1/s1. The van der Waals surface area contributed by atoms with E-state index in [1.807, 2.05) is 0 Å². The maximum atomic E-state index is 14.4. The number of alkyl halides is 3. The minimum Gasteiger partial charge on any atom is -0.507 e. The van der Waals surface area contributed by atoms with Gasteiger partial charge in [-0.3, -0.25) is 4.79 Å². The van der Waals surface area contributed by atoms with Crippen LogP contribution in [0.25, 0.3) is 0 Å². The summed E-state index contributed by atoms with van der Waals surface area (Å²) in [5, 5.41) is 21.8. The topological polar surface area (TPSA) is 129 Å².